The molecule has 0 saturated heterocycles. The summed E-state index contributed by atoms with van der Waals surface area (Å²) in [6.45, 7) is 9.58. The number of phenols is 1. The number of aromatic nitrogens is 1. The zero-order chi connectivity index (χ0) is 24.0. The molecule has 168 valence electrons. The van der Waals surface area contributed by atoms with Gasteiger partial charge in [0.25, 0.3) is 5.91 Å². The SMILES string of the molecule is C=C/C=C\C=C(/C)c1[nH]c2cc(NC(=O)Cc3ccc(O)cc3)cc(C(=O)NC)c2c1C=C. The smallest absolute Gasteiger partial charge is 0.251 e. The molecule has 0 unspecified atom stereocenters. The van der Waals surface area contributed by atoms with E-state index in [1.54, 1.807) is 43.5 Å². The van der Waals surface area contributed by atoms with Gasteiger partial charge in [0, 0.05) is 34.9 Å². The van der Waals surface area contributed by atoms with Crippen LogP contribution >= 0.6 is 0 Å². The average Bonchev–Trinajstić information content (AvgIpc) is 3.18. The average molecular weight is 442 g/mol. The fraction of sp³-hybridized carbons (Fsp3) is 0.111. The largest absolute Gasteiger partial charge is 0.508 e. The molecule has 0 aliphatic rings. The number of aromatic hydroxyl groups is 1. The number of allylic oxidation sites excluding steroid dienone is 5. The van der Waals surface area contributed by atoms with Crippen molar-refractivity contribution in [2.75, 3.05) is 12.4 Å². The quantitative estimate of drug-likeness (QED) is 0.362. The zero-order valence-corrected chi connectivity index (χ0v) is 18.7. The molecular weight excluding hydrogens is 414 g/mol. The van der Waals surface area contributed by atoms with Crippen LogP contribution in [0.15, 0.2) is 73.9 Å². The second-order valence-electron chi connectivity index (χ2n) is 7.50. The maximum atomic E-state index is 12.7. The maximum Gasteiger partial charge on any atom is 0.251 e. The summed E-state index contributed by atoms with van der Waals surface area (Å²) in [4.78, 5) is 28.7. The number of fused-ring (bicyclic) bond motifs is 1. The van der Waals surface area contributed by atoms with Crippen LogP contribution in [0.1, 0.15) is 34.1 Å². The van der Waals surface area contributed by atoms with Crippen molar-refractivity contribution in [3.63, 3.8) is 0 Å². The molecule has 1 aromatic heterocycles. The van der Waals surface area contributed by atoms with Gasteiger partial charge in [0.1, 0.15) is 5.75 Å². The van der Waals surface area contributed by atoms with Crippen LogP contribution in [-0.2, 0) is 11.2 Å². The number of rotatable bonds is 8. The van der Waals surface area contributed by atoms with Gasteiger partial charge in [-0.25, -0.2) is 0 Å². The van der Waals surface area contributed by atoms with Crippen molar-refractivity contribution in [3.05, 3.63) is 96.2 Å². The van der Waals surface area contributed by atoms with Crippen LogP contribution in [0.2, 0.25) is 0 Å². The Hall–Kier alpha value is -4.32. The Balaban J connectivity index is 2.04. The molecular formula is C27H27N3O3. The Morgan fingerprint density at radius 3 is 2.48 bits per heavy atom. The van der Waals surface area contributed by atoms with Crippen LogP contribution < -0.4 is 10.6 Å². The first-order valence-corrected chi connectivity index (χ1v) is 10.5. The third kappa shape index (κ3) is 5.30. The van der Waals surface area contributed by atoms with Crippen LogP contribution in [0.3, 0.4) is 0 Å². The molecule has 3 rings (SSSR count). The highest BCUT2D eigenvalue weighted by Crippen LogP contribution is 2.33. The maximum absolute atomic E-state index is 12.7. The molecule has 0 aliphatic carbocycles. The van der Waals surface area contributed by atoms with Gasteiger partial charge in [-0.1, -0.05) is 55.7 Å². The molecule has 2 amide bonds. The molecule has 4 N–H and O–H groups in total. The summed E-state index contributed by atoms with van der Waals surface area (Å²) in [5, 5.41) is 15.7. The van der Waals surface area contributed by atoms with Gasteiger partial charge >= 0.3 is 0 Å². The van der Waals surface area contributed by atoms with Gasteiger partial charge in [0.2, 0.25) is 5.91 Å². The predicted molar refractivity (Wildman–Crippen MR) is 135 cm³/mol. The van der Waals surface area contributed by atoms with Gasteiger partial charge in [0.15, 0.2) is 0 Å². The molecule has 3 aromatic rings. The number of anilines is 1. The summed E-state index contributed by atoms with van der Waals surface area (Å²) in [5.41, 5.74) is 5.02. The Morgan fingerprint density at radius 1 is 1.12 bits per heavy atom. The lowest BCUT2D eigenvalue weighted by atomic mass is 10.0. The third-order valence-corrected chi connectivity index (χ3v) is 5.19. The van der Waals surface area contributed by atoms with E-state index in [-0.39, 0.29) is 24.0 Å². The Labute approximate surface area is 193 Å². The van der Waals surface area contributed by atoms with Crippen molar-refractivity contribution in [1.82, 2.24) is 10.3 Å². The monoisotopic (exact) mass is 441 g/mol. The molecule has 0 spiro atoms. The van der Waals surface area contributed by atoms with E-state index in [1.165, 1.54) is 12.1 Å². The number of benzene rings is 2. The van der Waals surface area contributed by atoms with Crippen LogP contribution in [0.5, 0.6) is 5.75 Å². The fourth-order valence-electron chi connectivity index (χ4n) is 3.63. The lowest BCUT2D eigenvalue weighted by molar-refractivity contribution is -0.115. The highest BCUT2D eigenvalue weighted by atomic mass is 16.3. The highest BCUT2D eigenvalue weighted by Gasteiger charge is 2.19. The van der Waals surface area contributed by atoms with Gasteiger partial charge in [-0.05, 0) is 42.3 Å². The highest BCUT2D eigenvalue weighted by molar-refractivity contribution is 6.12. The molecule has 0 saturated carbocycles. The van der Waals surface area contributed by atoms with E-state index < -0.39 is 0 Å². The third-order valence-electron chi connectivity index (χ3n) is 5.19. The van der Waals surface area contributed by atoms with Gasteiger partial charge < -0.3 is 20.7 Å². The van der Waals surface area contributed by atoms with E-state index >= 15 is 0 Å². The Kier molecular flexibility index (Phi) is 7.31. The molecule has 6 nitrogen and oxygen atoms in total. The number of carbonyl (C=O) groups excluding carboxylic acids is 2. The topological polar surface area (TPSA) is 94.2 Å². The van der Waals surface area contributed by atoms with Crippen molar-refractivity contribution in [1.29, 1.82) is 0 Å². The van der Waals surface area contributed by atoms with Crippen molar-refractivity contribution in [2.24, 2.45) is 0 Å². The number of aromatic amines is 1. The summed E-state index contributed by atoms with van der Waals surface area (Å²) in [5.74, 6) is -0.356. The molecule has 33 heavy (non-hydrogen) atoms. The molecule has 0 atom stereocenters. The number of H-pyrrole nitrogens is 1. The summed E-state index contributed by atoms with van der Waals surface area (Å²) in [6.07, 6.45) is 9.21. The Morgan fingerprint density at radius 2 is 1.85 bits per heavy atom. The molecule has 0 radical (unpaired) electrons. The summed E-state index contributed by atoms with van der Waals surface area (Å²) in [7, 11) is 1.57. The van der Waals surface area contributed by atoms with E-state index in [1.807, 2.05) is 25.2 Å². The van der Waals surface area contributed by atoms with Crippen LogP contribution in [0, 0.1) is 0 Å². The van der Waals surface area contributed by atoms with E-state index in [2.05, 4.69) is 28.8 Å². The zero-order valence-electron chi connectivity index (χ0n) is 18.7. The fourth-order valence-corrected chi connectivity index (χ4v) is 3.63. The number of nitrogens with one attached hydrogen (secondary N) is 3. The minimum Gasteiger partial charge on any atom is -0.508 e. The molecule has 0 aliphatic heterocycles. The van der Waals surface area contributed by atoms with Gasteiger partial charge in [-0.2, -0.15) is 0 Å². The molecule has 2 aromatic carbocycles. The number of phenolic OH excluding ortho intramolecular Hbond substituents is 1. The van der Waals surface area contributed by atoms with Crippen molar-refractivity contribution in [2.45, 2.75) is 13.3 Å². The number of hydrogen-bond donors (Lipinski definition) is 4. The van der Waals surface area contributed by atoms with Crippen LogP contribution in [0.4, 0.5) is 5.69 Å². The first kappa shape index (κ1) is 23.3. The van der Waals surface area contributed by atoms with Crippen LogP contribution in [0.25, 0.3) is 22.6 Å². The minimum absolute atomic E-state index is 0.138. The number of amides is 2. The second-order valence-corrected chi connectivity index (χ2v) is 7.50. The standard InChI is InChI=1S/C27H27N3O3/c1-5-7-8-9-17(3)26-21(6-2)25-22(27(33)28-4)15-19(16-23(25)30-26)29-24(32)14-18-10-12-20(31)13-11-18/h5-13,15-16,30-31H,1-2,14H2,3-4H3,(H,28,33)(H,29,32)/b8-7-,17-9+. The van der Waals surface area contributed by atoms with Crippen molar-refractivity contribution >= 4 is 40.1 Å². The lowest BCUT2D eigenvalue weighted by Crippen LogP contribution is -2.19. The van der Waals surface area contributed by atoms with Crippen molar-refractivity contribution < 1.29 is 14.7 Å². The van der Waals surface area contributed by atoms with E-state index in [9.17, 15) is 14.7 Å². The van der Waals surface area contributed by atoms with Gasteiger partial charge in [-0.3, -0.25) is 9.59 Å². The summed E-state index contributed by atoms with van der Waals surface area (Å²) in [6, 6.07) is 9.93. The predicted octanol–water partition coefficient (Wildman–Crippen LogP) is 5.20. The first-order valence-electron chi connectivity index (χ1n) is 10.5. The normalized spacial score (nSPS) is 11.5. The van der Waals surface area contributed by atoms with E-state index in [0.717, 1.165) is 27.8 Å². The van der Waals surface area contributed by atoms with E-state index in [0.29, 0.717) is 16.8 Å². The number of hydrogen-bond acceptors (Lipinski definition) is 3. The van der Waals surface area contributed by atoms with Crippen LogP contribution in [-0.4, -0.2) is 29.0 Å². The lowest BCUT2D eigenvalue weighted by Gasteiger charge is -2.10. The Bertz CT molecular complexity index is 1280. The summed E-state index contributed by atoms with van der Waals surface area (Å²) >= 11 is 0. The minimum atomic E-state index is -0.267. The molecule has 0 bridgehead atoms. The molecule has 1 heterocycles. The first-order chi connectivity index (χ1) is 15.9. The molecule has 6 heteroatoms. The summed E-state index contributed by atoms with van der Waals surface area (Å²) < 4.78 is 0. The second kappa shape index (κ2) is 10.3. The van der Waals surface area contributed by atoms with E-state index in [4.69, 9.17) is 0 Å². The number of carbonyl (C=O) groups is 2. The van der Waals surface area contributed by atoms with Gasteiger partial charge in [-0.15, -0.1) is 0 Å². The van der Waals surface area contributed by atoms with Gasteiger partial charge in [0.05, 0.1) is 12.0 Å². The van der Waals surface area contributed by atoms with Crippen molar-refractivity contribution in [3.8, 4) is 5.75 Å². The molecule has 0 fully saturated rings.